The molecule has 0 atom stereocenters. The Balaban J connectivity index is 0.000000967. The molecule has 2 N–H and O–H groups in total. The molecule has 3 aromatic carbocycles. The van der Waals surface area contributed by atoms with Crippen molar-refractivity contribution in [2.24, 2.45) is 0 Å². The van der Waals surface area contributed by atoms with Gasteiger partial charge in [0.05, 0.1) is 17.5 Å². The summed E-state index contributed by atoms with van der Waals surface area (Å²) in [5.41, 5.74) is 3.92. The molecule has 0 unspecified atom stereocenters. The fourth-order valence-electron chi connectivity index (χ4n) is 3.97. The number of aromatic nitrogens is 1. The summed E-state index contributed by atoms with van der Waals surface area (Å²) in [4.78, 5) is 15.2. The minimum atomic E-state index is -3.58. The van der Waals surface area contributed by atoms with E-state index in [0.717, 1.165) is 22.7 Å². The number of hydrogen-bond donors (Lipinski definition) is 2. The summed E-state index contributed by atoms with van der Waals surface area (Å²) < 4.78 is 45.4. The van der Waals surface area contributed by atoms with E-state index >= 15 is 0 Å². The molecule has 0 radical (unpaired) electrons. The number of hydrogen-bond acceptors (Lipinski definition) is 5. The van der Waals surface area contributed by atoms with Crippen LogP contribution in [0.2, 0.25) is 0 Å². The maximum absolute atomic E-state index is 13.4. The van der Waals surface area contributed by atoms with Gasteiger partial charge in [0.2, 0.25) is 10.0 Å². The Bertz CT molecular complexity index is 1650. The van der Waals surface area contributed by atoms with E-state index in [0.29, 0.717) is 45.4 Å². The maximum Gasteiger partial charge on any atom is 0.232 e. The minimum absolute atomic E-state index is 0.296. The van der Waals surface area contributed by atoms with E-state index in [1.54, 1.807) is 12.1 Å². The van der Waals surface area contributed by atoms with Gasteiger partial charge in [-0.15, -0.1) is 0 Å². The number of nitrogens with zero attached hydrogens (tertiary/aromatic N) is 1. The van der Waals surface area contributed by atoms with Gasteiger partial charge in [-0.1, -0.05) is 12.1 Å². The predicted octanol–water partition coefficient (Wildman–Crippen LogP) is 5.43. The van der Waals surface area contributed by atoms with Crippen LogP contribution >= 0.6 is 0 Å². The molecule has 0 fully saturated rings. The lowest BCUT2D eigenvalue weighted by molar-refractivity contribution is 0.112. The highest BCUT2D eigenvalue weighted by Crippen LogP contribution is 2.41. The number of furan rings is 1. The van der Waals surface area contributed by atoms with Crippen molar-refractivity contribution >= 4 is 43.9 Å². The first-order chi connectivity index (χ1) is 17.2. The Kier molecular flexibility index (Phi) is 6.96. The Labute approximate surface area is 208 Å². The van der Waals surface area contributed by atoms with Crippen LogP contribution in [-0.2, 0) is 10.0 Å². The standard InChI is InChI=1S/C25H19FN2O4S.C2H7N/c1-28(33(2,30)31)23-13-24-20(12-19(23)17-4-3-15-9-10-27-22(15)11-17)21(14-29)25(32-24)16-5-7-18(26)8-6-16;1-3-2/h3-14,27H,1-2H3;3H,1-2H3. The van der Waals surface area contributed by atoms with Crippen LogP contribution in [0.5, 0.6) is 0 Å². The first-order valence-electron chi connectivity index (χ1n) is 11.1. The quantitative estimate of drug-likeness (QED) is 0.309. The lowest BCUT2D eigenvalue weighted by Gasteiger charge is -2.20. The Morgan fingerprint density at radius 2 is 1.67 bits per heavy atom. The molecule has 0 aliphatic rings. The van der Waals surface area contributed by atoms with Crippen LogP contribution in [0, 0.1) is 5.82 Å². The van der Waals surface area contributed by atoms with Crippen LogP contribution < -0.4 is 9.62 Å². The van der Waals surface area contributed by atoms with E-state index in [-0.39, 0.29) is 0 Å². The molecule has 0 bridgehead atoms. The predicted molar refractivity (Wildman–Crippen MR) is 143 cm³/mol. The molecule has 0 spiro atoms. The van der Waals surface area contributed by atoms with E-state index in [1.165, 1.54) is 35.6 Å². The number of benzene rings is 3. The fourth-order valence-corrected chi connectivity index (χ4v) is 4.48. The van der Waals surface area contributed by atoms with Crippen LogP contribution in [0.1, 0.15) is 10.4 Å². The van der Waals surface area contributed by atoms with Gasteiger partial charge in [0, 0.05) is 41.3 Å². The van der Waals surface area contributed by atoms with Crippen molar-refractivity contribution in [3.8, 4) is 22.5 Å². The molecule has 2 heterocycles. The Morgan fingerprint density at radius 3 is 2.31 bits per heavy atom. The van der Waals surface area contributed by atoms with Crippen molar-refractivity contribution in [1.82, 2.24) is 10.3 Å². The normalized spacial score (nSPS) is 11.4. The third-order valence-electron chi connectivity index (χ3n) is 5.77. The molecular formula is C27H26FN3O4S. The summed E-state index contributed by atoms with van der Waals surface area (Å²) in [6.45, 7) is 0. The average molecular weight is 508 g/mol. The number of anilines is 1. The minimum Gasteiger partial charge on any atom is -0.455 e. The molecule has 9 heteroatoms. The molecule has 7 nitrogen and oxygen atoms in total. The molecule has 0 amide bonds. The first kappa shape index (κ1) is 25.2. The van der Waals surface area contributed by atoms with Gasteiger partial charge in [-0.3, -0.25) is 9.10 Å². The number of halogens is 1. The Hall–Kier alpha value is -3.95. The number of nitrogens with one attached hydrogen (secondary N) is 2. The zero-order chi connectivity index (χ0) is 26.0. The lowest BCUT2D eigenvalue weighted by atomic mass is 9.98. The first-order valence-corrected chi connectivity index (χ1v) is 12.9. The third kappa shape index (κ3) is 4.75. The highest BCUT2D eigenvalue weighted by molar-refractivity contribution is 7.92. The SMILES string of the molecule is CN(c1cc2oc(-c3ccc(F)cc3)c(C=O)c2cc1-c1ccc2cc[nH]c2c1)S(C)(=O)=O.CNC. The number of aldehydes is 1. The number of rotatable bonds is 5. The van der Waals surface area contributed by atoms with E-state index in [4.69, 9.17) is 4.42 Å². The molecule has 36 heavy (non-hydrogen) atoms. The van der Waals surface area contributed by atoms with E-state index in [1.807, 2.05) is 44.6 Å². The van der Waals surface area contributed by atoms with Gasteiger partial charge in [0.1, 0.15) is 17.2 Å². The summed E-state index contributed by atoms with van der Waals surface area (Å²) in [6, 6.07) is 16.7. The second-order valence-electron chi connectivity index (χ2n) is 8.35. The van der Waals surface area contributed by atoms with Crippen molar-refractivity contribution in [2.75, 3.05) is 31.7 Å². The third-order valence-corrected chi connectivity index (χ3v) is 6.96. The van der Waals surface area contributed by atoms with Crippen molar-refractivity contribution < 1.29 is 22.0 Å². The van der Waals surface area contributed by atoms with Gasteiger partial charge >= 0.3 is 0 Å². The number of carbonyl (C=O) groups is 1. The number of carbonyl (C=O) groups excluding carboxylic acids is 1. The molecular weight excluding hydrogens is 481 g/mol. The van der Waals surface area contributed by atoms with E-state index in [9.17, 15) is 17.6 Å². The highest BCUT2D eigenvalue weighted by atomic mass is 32.2. The summed E-state index contributed by atoms with van der Waals surface area (Å²) in [5.74, 6) is -0.105. The fraction of sp³-hybridized carbons (Fsp3) is 0.148. The summed E-state index contributed by atoms with van der Waals surface area (Å²) >= 11 is 0. The van der Waals surface area contributed by atoms with Gasteiger partial charge in [0.25, 0.3) is 0 Å². The summed E-state index contributed by atoms with van der Waals surface area (Å²) in [7, 11) is 1.64. The molecule has 186 valence electrons. The maximum atomic E-state index is 13.4. The second-order valence-corrected chi connectivity index (χ2v) is 10.4. The molecule has 5 rings (SSSR count). The second kappa shape index (κ2) is 9.96. The van der Waals surface area contributed by atoms with Crippen LogP contribution in [0.25, 0.3) is 44.3 Å². The number of sulfonamides is 1. The van der Waals surface area contributed by atoms with Crippen LogP contribution in [0.4, 0.5) is 10.1 Å². The zero-order valence-corrected chi connectivity index (χ0v) is 21.1. The number of aromatic amines is 1. The van der Waals surface area contributed by atoms with Crippen LogP contribution in [-0.4, -0.2) is 47.1 Å². The van der Waals surface area contributed by atoms with Gasteiger partial charge in [0.15, 0.2) is 6.29 Å². The topological polar surface area (TPSA) is 95.4 Å². The van der Waals surface area contributed by atoms with Crippen molar-refractivity contribution in [2.45, 2.75) is 0 Å². The van der Waals surface area contributed by atoms with Gasteiger partial charge in [-0.05, 0) is 67.5 Å². The van der Waals surface area contributed by atoms with Gasteiger partial charge in [-0.25, -0.2) is 12.8 Å². The van der Waals surface area contributed by atoms with Crippen molar-refractivity contribution in [3.63, 3.8) is 0 Å². The molecule has 0 aliphatic carbocycles. The van der Waals surface area contributed by atoms with E-state index in [2.05, 4.69) is 10.3 Å². The highest BCUT2D eigenvalue weighted by Gasteiger charge is 2.23. The summed E-state index contributed by atoms with van der Waals surface area (Å²) in [6.07, 6.45) is 3.65. The number of H-pyrrole nitrogens is 1. The Morgan fingerprint density at radius 1 is 1.00 bits per heavy atom. The molecule has 0 saturated carbocycles. The smallest absolute Gasteiger partial charge is 0.232 e. The average Bonchev–Trinajstić information content (AvgIpc) is 3.46. The van der Waals surface area contributed by atoms with Crippen molar-refractivity contribution in [1.29, 1.82) is 0 Å². The molecule has 0 aliphatic heterocycles. The number of fused-ring (bicyclic) bond motifs is 2. The zero-order valence-electron chi connectivity index (χ0n) is 20.3. The molecule has 0 saturated heterocycles. The van der Waals surface area contributed by atoms with Crippen LogP contribution in [0.15, 0.2) is 71.3 Å². The summed E-state index contributed by atoms with van der Waals surface area (Å²) in [5, 5.41) is 4.31. The van der Waals surface area contributed by atoms with E-state index < -0.39 is 15.8 Å². The largest absolute Gasteiger partial charge is 0.455 e. The monoisotopic (exact) mass is 507 g/mol. The van der Waals surface area contributed by atoms with Gasteiger partial charge in [-0.2, -0.15) is 0 Å². The lowest BCUT2D eigenvalue weighted by Crippen LogP contribution is -2.25. The van der Waals surface area contributed by atoms with Crippen molar-refractivity contribution in [3.05, 3.63) is 78.2 Å². The van der Waals surface area contributed by atoms with Gasteiger partial charge < -0.3 is 14.7 Å². The molecule has 2 aromatic heterocycles. The van der Waals surface area contributed by atoms with Crippen LogP contribution in [0.3, 0.4) is 0 Å². The molecule has 5 aromatic rings.